The molecule has 138 valence electrons. The fraction of sp³-hybridized carbons (Fsp3) is 0.222. The fourth-order valence-electron chi connectivity index (χ4n) is 2.00. The van der Waals surface area contributed by atoms with Crippen LogP contribution in [0.25, 0.3) is 0 Å². The van der Waals surface area contributed by atoms with Gasteiger partial charge < -0.3 is 9.47 Å². The van der Waals surface area contributed by atoms with Gasteiger partial charge in [-0.1, -0.05) is 15.9 Å². The standard InChI is InChI=1S/C18H18BrFN2O4/c1-3-25-13-5-7-14(8-6-13)26-11(2)17(23)21-22-18(24)15-9-4-12(19)10-16(15)20/h4-11H,3H2,1-2H3,(H,21,23)(H,22,24). The Morgan fingerprint density at radius 3 is 2.38 bits per heavy atom. The van der Waals surface area contributed by atoms with Crippen molar-refractivity contribution in [2.24, 2.45) is 0 Å². The third kappa shape index (κ3) is 5.45. The van der Waals surface area contributed by atoms with Crippen LogP contribution in [-0.2, 0) is 4.79 Å². The quantitative estimate of drug-likeness (QED) is 0.697. The Labute approximate surface area is 158 Å². The number of ether oxygens (including phenoxy) is 2. The number of carbonyl (C=O) groups is 2. The highest BCUT2D eigenvalue weighted by atomic mass is 79.9. The number of hydrogen-bond acceptors (Lipinski definition) is 4. The van der Waals surface area contributed by atoms with Gasteiger partial charge in [-0.05, 0) is 56.3 Å². The van der Waals surface area contributed by atoms with Gasteiger partial charge in [-0.3, -0.25) is 20.4 Å². The third-order valence-electron chi connectivity index (χ3n) is 3.29. The van der Waals surface area contributed by atoms with E-state index in [1.54, 1.807) is 24.3 Å². The summed E-state index contributed by atoms with van der Waals surface area (Å²) >= 11 is 3.11. The van der Waals surface area contributed by atoms with E-state index < -0.39 is 23.7 Å². The van der Waals surface area contributed by atoms with Gasteiger partial charge in [0.1, 0.15) is 17.3 Å². The summed E-state index contributed by atoms with van der Waals surface area (Å²) in [7, 11) is 0. The lowest BCUT2D eigenvalue weighted by molar-refractivity contribution is -0.128. The molecule has 0 aliphatic rings. The van der Waals surface area contributed by atoms with Gasteiger partial charge >= 0.3 is 0 Å². The molecular formula is C18H18BrFN2O4. The predicted octanol–water partition coefficient (Wildman–Crippen LogP) is 3.22. The number of hydrazine groups is 1. The predicted molar refractivity (Wildman–Crippen MR) is 97.4 cm³/mol. The first-order valence-corrected chi connectivity index (χ1v) is 8.64. The van der Waals surface area contributed by atoms with E-state index in [2.05, 4.69) is 26.8 Å². The lowest BCUT2D eigenvalue weighted by atomic mass is 10.2. The minimum Gasteiger partial charge on any atom is -0.494 e. The Morgan fingerprint density at radius 2 is 1.77 bits per heavy atom. The summed E-state index contributed by atoms with van der Waals surface area (Å²) in [6.45, 7) is 3.96. The number of rotatable bonds is 6. The fourth-order valence-corrected chi connectivity index (χ4v) is 2.33. The van der Waals surface area contributed by atoms with E-state index >= 15 is 0 Å². The van der Waals surface area contributed by atoms with Crippen molar-refractivity contribution in [2.75, 3.05) is 6.61 Å². The molecule has 0 heterocycles. The summed E-state index contributed by atoms with van der Waals surface area (Å²) in [5.74, 6) is -0.881. The third-order valence-corrected chi connectivity index (χ3v) is 3.79. The molecule has 2 amide bonds. The molecular weight excluding hydrogens is 407 g/mol. The molecule has 8 heteroatoms. The first-order chi connectivity index (χ1) is 12.4. The van der Waals surface area contributed by atoms with E-state index in [1.165, 1.54) is 19.1 Å². The van der Waals surface area contributed by atoms with Crippen molar-refractivity contribution in [3.05, 3.63) is 58.3 Å². The van der Waals surface area contributed by atoms with Crippen molar-refractivity contribution < 1.29 is 23.5 Å². The number of amides is 2. The van der Waals surface area contributed by atoms with Crippen molar-refractivity contribution in [3.63, 3.8) is 0 Å². The first-order valence-electron chi connectivity index (χ1n) is 7.85. The zero-order chi connectivity index (χ0) is 19.1. The second-order valence-electron chi connectivity index (χ2n) is 5.23. The number of benzene rings is 2. The number of nitrogens with one attached hydrogen (secondary N) is 2. The number of halogens is 2. The summed E-state index contributed by atoms with van der Waals surface area (Å²) in [6, 6.07) is 10.8. The average Bonchev–Trinajstić information content (AvgIpc) is 2.61. The minimum absolute atomic E-state index is 0.186. The van der Waals surface area contributed by atoms with Crippen LogP contribution in [0.2, 0.25) is 0 Å². The van der Waals surface area contributed by atoms with Crippen molar-refractivity contribution in [3.8, 4) is 11.5 Å². The molecule has 0 radical (unpaired) electrons. The van der Waals surface area contributed by atoms with E-state index in [0.717, 1.165) is 6.07 Å². The summed E-state index contributed by atoms with van der Waals surface area (Å²) in [5.41, 5.74) is 4.18. The van der Waals surface area contributed by atoms with Crippen LogP contribution in [-0.4, -0.2) is 24.5 Å². The molecule has 2 rings (SSSR count). The molecule has 2 aromatic carbocycles. The topological polar surface area (TPSA) is 76.7 Å². The van der Waals surface area contributed by atoms with E-state index in [9.17, 15) is 14.0 Å². The molecule has 26 heavy (non-hydrogen) atoms. The molecule has 0 spiro atoms. The zero-order valence-corrected chi connectivity index (χ0v) is 15.8. The normalized spacial score (nSPS) is 11.4. The Kier molecular flexibility index (Phi) is 6.97. The highest BCUT2D eigenvalue weighted by Crippen LogP contribution is 2.18. The molecule has 0 aliphatic heterocycles. The Hall–Kier alpha value is -2.61. The Balaban J connectivity index is 1.87. The highest BCUT2D eigenvalue weighted by molar-refractivity contribution is 9.10. The highest BCUT2D eigenvalue weighted by Gasteiger charge is 2.17. The Morgan fingerprint density at radius 1 is 1.12 bits per heavy atom. The lowest BCUT2D eigenvalue weighted by Crippen LogP contribution is -2.47. The van der Waals surface area contributed by atoms with Gasteiger partial charge in [0.15, 0.2) is 6.10 Å². The van der Waals surface area contributed by atoms with Crippen LogP contribution >= 0.6 is 15.9 Å². The molecule has 0 saturated carbocycles. The van der Waals surface area contributed by atoms with Crippen LogP contribution < -0.4 is 20.3 Å². The molecule has 1 unspecified atom stereocenters. The monoisotopic (exact) mass is 424 g/mol. The van der Waals surface area contributed by atoms with E-state index in [4.69, 9.17) is 9.47 Å². The summed E-state index contributed by atoms with van der Waals surface area (Å²) < 4.78 is 25.0. The van der Waals surface area contributed by atoms with Gasteiger partial charge in [-0.15, -0.1) is 0 Å². The van der Waals surface area contributed by atoms with Crippen LogP contribution in [0.15, 0.2) is 46.9 Å². The van der Waals surface area contributed by atoms with Crippen molar-refractivity contribution in [1.82, 2.24) is 10.9 Å². The van der Waals surface area contributed by atoms with Gasteiger partial charge in [0.05, 0.1) is 12.2 Å². The maximum absolute atomic E-state index is 13.7. The molecule has 1 atom stereocenters. The average molecular weight is 425 g/mol. The lowest BCUT2D eigenvalue weighted by Gasteiger charge is -2.15. The van der Waals surface area contributed by atoms with E-state index in [0.29, 0.717) is 22.6 Å². The summed E-state index contributed by atoms with van der Waals surface area (Å²) in [6.07, 6.45) is -0.872. The van der Waals surface area contributed by atoms with Gasteiger partial charge in [-0.2, -0.15) is 0 Å². The van der Waals surface area contributed by atoms with Crippen LogP contribution in [0, 0.1) is 5.82 Å². The van der Waals surface area contributed by atoms with Gasteiger partial charge in [-0.25, -0.2) is 4.39 Å². The summed E-state index contributed by atoms with van der Waals surface area (Å²) in [5, 5.41) is 0. The largest absolute Gasteiger partial charge is 0.494 e. The molecule has 6 nitrogen and oxygen atoms in total. The molecule has 0 aromatic heterocycles. The maximum atomic E-state index is 13.7. The Bertz CT molecular complexity index is 783. The van der Waals surface area contributed by atoms with Crippen LogP contribution in [0.1, 0.15) is 24.2 Å². The molecule has 0 fully saturated rings. The second kappa shape index (κ2) is 9.19. The summed E-state index contributed by atoms with van der Waals surface area (Å²) in [4.78, 5) is 23.9. The van der Waals surface area contributed by atoms with Crippen molar-refractivity contribution in [2.45, 2.75) is 20.0 Å². The SMILES string of the molecule is CCOc1ccc(OC(C)C(=O)NNC(=O)c2ccc(Br)cc2F)cc1. The molecule has 2 N–H and O–H groups in total. The van der Waals surface area contributed by atoms with Crippen molar-refractivity contribution >= 4 is 27.7 Å². The number of carbonyl (C=O) groups excluding carboxylic acids is 2. The van der Waals surface area contributed by atoms with E-state index in [-0.39, 0.29) is 5.56 Å². The molecule has 0 saturated heterocycles. The van der Waals surface area contributed by atoms with E-state index in [1.807, 2.05) is 6.92 Å². The van der Waals surface area contributed by atoms with Crippen LogP contribution in [0.3, 0.4) is 0 Å². The maximum Gasteiger partial charge on any atom is 0.279 e. The smallest absolute Gasteiger partial charge is 0.279 e. The van der Waals surface area contributed by atoms with Gasteiger partial charge in [0.2, 0.25) is 0 Å². The molecule has 2 aromatic rings. The molecule has 0 aliphatic carbocycles. The van der Waals surface area contributed by atoms with Gasteiger partial charge in [0, 0.05) is 4.47 Å². The second-order valence-corrected chi connectivity index (χ2v) is 6.15. The zero-order valence-electron chi connectivity index (χ0n) is 14.2. The first kappa shape index (κ1) is 19.7. The van der Waals surface area contributed by atoms with Crippen LogP contribution in [0.5, 0.6) is 11.5 Å². The number of hydrogen-bond donors (Lipinski definition) is 2. The minimum atomic E-state index is -0.872. The van der Waals surface area contributed by atoms with Gasteiger partial charge in [0.25, 0.3) is 11.8 Å². The van der Waals surface area contributed by atoms with Crippen molar-refractivity contribution in [1.29, 1.82) is 0 Å². The van der Waals surface area contributed by atoms with Crippen LogP contribution in [0.4, 0.5) is 4.39 Å². The molecule has 0 bridgehead atoms.